The van der Waals surface area contributed by atoms with Crippen LogP contribution in [-0.2, 0) is 10.1 Å². The normalized spacial score (nSPS) is 11.3. The molecule has 0 fully saturated rings. The van der Waals surface area contributed by atoms with Gasteiger partial charge in [0.2, 0.25) is 0 Å². The quantitative estimate of drug-likeness (QED) is 0.319. The van der Waals surface area contributed by atoms with E-state index in [9.17, 15) is 13.5 Å². The third-order valence-electron chi connectivity index (χ3n) is 2.70. The van der Waals surface area contributed by atoms with Crippen LogP contribution in [0.25, 0.3) is 0 Å². The van der Waals surface area contributed by atoms with Gasteiger partial charge < -0.3 is 14.6 Å². The van der Waals surface area contributed by atoms with E-state index in [-0.39, 0.29) is 23.9 Å². The van der Waals surface area contributed by atoms with Gasteiger partial charge in [-0.2, -0.15) is 8.42 Å². The maximum Gasteiger partial charge on any atom is 0.294 e. The van der Waals surface area contributed by atoms with Crippen molar-refractivity contribution in [3.8, 4) is 17.2 Å². The second-order valence-electron chi connectivity index (χ2n) is 4.38. The molecule has 2 rings (SSSR count). The van der Waals surface area contributed by atoms with E-state index in [0.717, 1.165) is 7.14 Å². The Balaban J connectivity index is 1.89. The second kappa shape index (κ2) is 7.85. The Bertz CT molecular complexity index is 766. The van der Waals surface area contributed by atoms with Crippen LogP contribution >= 0.6 is 45.2 Å². The number of aromatic hydroxyl groups is 1. The van der Waals surface area contributed by atoms with Crippen LogP contribution in [0.3, 0.4) is 0 Å². The third kappa shape index (κ3) is 5.36. The SMILES string of the molecule is O=S(=O)(O)c1ccc(OCCOc2c(I)cc(O)cc2I)cc1. The molecule has 0 aliphatic rings. The van der Waals surface area contributed by atoms with Crippen LogP contribution in [0.2, 0.25) is 0 Å². The summed E-state index contributed by atoms with van der Waals surface area (Å²) < 4.78 is 43.4. The third-order valence-corrected chi connectivity index (χ3v) is 5.17. The van der Waals surface area contributed by atoms with Gasteiger partial charge >= 0.3 is 0 Å². The molecule has 0 heterocycles. The van der Waals surface area contributed by atoms with E-state index in [0.29, 0.717) is 11.5 Å². The van der Waals surface area contributed by atoms with Gasteiger partial charge in [0.25, 0.3) is 10.1 Å². The van der Waals surface area contributed by atoms with Gasteiger partial charge in [-0.3, -0.25) is 4.55 Å². The number of ether oxygens (including phenoxy) is 2. The summed E-state index contributed by atoms with van der Waals surface area (Å²) in [7, 11) is -4.20. The summed E-state index contributed by atoms with van der Waals surface area (Å²) >= 11 is 4.15. The van der Waals surface area contributed by atoms with Gasteiger partial charge in [0.15, 0.2) is 0 Å². The van der Waals surface area contributed by atoms with Crippen LogP contribution in [0.1, 0.15) is 0 Å². The van der Waals surface area contributed by atoms with Crippen LogP contribution in [0, 0.1) is 7.14 Å². The second-order valence-corrected chi connectivity index (χ2v) is 8.13. The van der Waals surface area contributed by atoms with Gasteiger partial charge in [0.05, 0.1) is 12.0 Å². The highest BCUT2D eigenvalue weighted by molar-refractivity contribution is 14.1. The van der Waals surface area contributed by atoms with Crippen molar-refractivity contribution >= 4 is 55.3 Å². The van der Waals surface area contributed by atoms with Crippen molar-refractivity contribution in [2.45, 2.75) is 4.90 Å². The maximum atomic E-state index is 10.9. The van der Waals surface area contributed by atoms with Crippen LogP contribution in [0.15, 0.2) is 41.3 Å². The average molecular weight is 562 g/mol. The largest absolute Gasteiger partial charge is 0.508 e. The number of phenolic OH excluding ortho intramolecular Hbond substituents is 1. The van der Waals surface area contributed by atoms with Crippen molar-refractivity contribution in [2.75, 3.05) is 13.2 Å². The molecule has 0 aliphatic heterocycles. The monoisotopic (exact) mass is 562 g/mol. The number of benzene rings is 2. The average Bonchev–Trinajstić information content (AvgIpc) is 2.45. The molecule has 0 aromatic heterocycles. The van der Waals surface area contributed by atoms with Crippen molar-refractivity contribution in [1.82, 2.24) is 0 Å². The summed E-state index contributed by atoms with van der Waals surface area (Å²) in [5.41, 5.74) is 0. The fraction of sp³-hybridized carbons (Fsp3) is 0.143. The lowest BCUT2D eigenvalue weighted by atomic mass is 10.3. The van der Waals surface area contributed by atoms with Gasteiger partial charge in [0.1, 0.15) is 30.5 Å². The standard InChI is InChI=1S/C14H12I2O6S/c15-12-7-9(17)8-13(16)14(12)22-6-5-21-10-1-3-11(4-2-10)23(18,19)20/h1-4,7-8,17H,5-6H2,(H,18,19,20). The number of phenols is 1. The smallest absolute Gasteiger partial charge is 0.294 e. The summed E-state index contributed by atoms with van der Waals surface area (Å²) in [5, 5.41) is 9.47. The molecule has 0 unspecified atom stereocenters. The van der Waals surface area contributed by atoms with E-state index < -0.39 is 10.1 Å². The topological polar surface area (TPSA) is 93.1 Å². The molecule has 6 nitrogen and oxygen atoms in total. The van der Waals surface area contributed by atoms with Crippen molar-refractivity contribution in [3.63, 3.8) is 0 Å². The highest BCUT2D eigenvalue weighted by Gasteiger charge is 2.10. The molecule has 0 spiro atoms. The van der Waals surface area contributed by atoms with Crippen molar-refractivity contribution in [1.29, 1.82) is 0 Å². The van der Waals surface area contributed by atoms with E-state index in [1.165, 1.54) is 24.3 Å². The molecule has 2 aromatic rings. The lowest BCUT2D eigenvalue weighted by Gasteiger charge is -2.12. The highest BCUT2D eigenvalue weighted by Crippen LogP contribution is 2.31. The van der Waals surface area contributed by atoms with Crippen LogP contribution in [0.5, 0.6) is 17.2 Å². The first-order chi connectivity index (χ1) is 10.8. The van der Waals surface area contributed by atoms with Crippen LogP contribution < -0.4 is 9.47 Å². The Hall–Kier alpha value is -0.790. The zero-order valence-corrected chi connectivity index (χ0v) is 16.7. The van der Waals surface area contributed by atoms with E-state index >= 15 is 0 Å². The Morgan fingerprint density at radius 1 is 0.957 bits per heavy atom. The van der Waals surface area contributed by atoms with Gasteiger partial charge in [-0.1, -0.05) is 0 Å². The molecule has 0 bridgehead atoms. The summed E-state index contributed by atoms with van der Waals surface area (Å²) in [6.45, 7) is 0.551. The van der Waals surface area contributed by atoms with Crippen LogP contribution in [-0.4, -0.2) is 31.3 Å². The fourth-order valence-corrected chi connectivity index (χ4v) is 4.22. The molecule has 0 saturated carbocycles. The molecule has 124 valence electrons. The van der Waals surface area contributed by atoms with Gasteiger partial charge in [-0.15, -0.1) is 0 Å². The number of hydrogen-bond donors (Lipinski definition) is 2. The van der Waals surface area contributed by atoms with Crippen LogP contribution in [0.4, 0.5) is 0 Å². The Kier molecular flexibility index (Phi) is 6.33. The first-order valence-electron chi connectivity index (χ1n) is 6.28. The predicted octanol–water partition coefficient (Wildman–Crippen LogP) is 3.31. The lowest BCUT2D eigenvalue weighted by molar-refractivity contribution is 0.215. The van der Waals surface area contributed by atoms with Crippen molar-refractivity contribution in [3.05, 3.63) is 43.5 Å². The van der Waals surface area contributed by atoms with Gasteiger partial charge in [-0.25, -0.2) is 0 Å². The van der Waals surface area contributed by atoms with Crippen molar-refractivity contribution in [2.24, 2.45) is 0 Å². The molecule has 23 heavy (non-hydrogen) atoms. The summed E-state index contributed by atoms with van der Waals surface area (Å²) in [5.74, 6) is 1.33. The van der Waals surface area contributed by atoms with E-state index in [4.69, 9.17) is 14.0 Å². The first kappa shape index (κ1) is 18.5. The Morgan fingerprint density at radius 3 is 2.00 bits per heavy atom. The zero-order chi connectivity index (χ0) is 17.0. The molecule has 0 saturated heterocycles. The minimum Gasteiger partial charge on any atom is -0.508 e. The van der Waals surface area contributed by atoms with Gasteiger partial charge in [0, 0.05) is 0 Å². The Morgan fingerprint density at radius 2 is 1.48 bits per heavy atom. The minimum absolute atomic E-state index is 0.182. The predicted molar refractivity (Wildman–Crippen MR) is 101 cm³/mol. The van der Waals surface area contributed by atoms with E-state index in [1.807, 2.05) is 0 Å². The molecular weight excluding hydrogens is 550 g/mol. The van der Waals surface area contributed by atoms with E-state index in [2.05, 4.69) is 45.2 Å². The zero-order valence-electron chi connectivity index (χ0n) is 11.6. The van der Waals surface area contributed by atoms with Gasteiger partial charge in [-0.05, 0) is 81.6 Å². The maximum absolute atomic E-state index is 10.9. The summed E-state index contributed by atoms with van der Waals surface area (Å²) in [6.07, 6.45) is 0. The minimum atomic E-state index is -4.20. The van der Waals surface area contributed by atoms with Crippen molar-refractivity contribution < 1.29 is 27.6 Å². The molecule has 0 amide bonds. The molecule has 9 heteroatoms. The first-order valence-corrected chi connectivity index (χ1v) is 9.88. The molecule has 2 aromatic carbocycles. The highest BCUT2D eigenvalue weighted by atomic mass is 127. The fourth-order valence-electron chi connectivity index (χ4n) is 1.70. The number of hydrogen-bond acceptors (Lipinski definition) is 5. The molecule has 0 aliphatic carbocycles. The molecule has 0 radical (unpaired) electrons. The molecular formula is C14H12I2O6S. The summed E-state index contributed by atoms with van der Waals surface area (Å²) in [4.78, 5) is -0.186. The molecule has 2 N–H and O–H groups in total. The van der Waals surface area contributed by atoms with E-state index in [1.54, 1.807) is 12.1 Å². The summed E-state index contributed by atoms with van der Waals surface area (Å²) in [6, 6.07) is 8.64. The lowest BCUT2D eigenvalue weighted by Crippen LogP contribution is -2.10. The number of rotatable bonds is 6. The molecule has 0 atom stereocenters. The number of halogens is 2. The Labute approximate surface area is 160 Å².